The maximum Gasteiger partial charge on any atom is 0.335 e. The third-order valence-corrected chi connectivity index (χ3v) is 9.70. The molecule has 1 atom stereocenters. The number of allylic oxidation sites excluding steroid dienone is 3. The molecule has 2 aliphatic rings. The van der Waals surface area contributed by atoms with Crippen molar-refractivity contribution in [1.82, 2.24) is 20.3 Å². The lowest BCUT2D eigenvalue weighted by atomic mass is 9.95. The molecular weight excluding hydrogens is 596 g/mol. The molecule has 5 heterocycles. The Morgan fingerprint density at radius 1 is 0.729 bits per heavy atom. The molecule has 48 heavy (non-hydrogen) atoms. The van der Waals surface area contributed by atoms with Gasteiger partial charge in [0.15, 0.2) is 5.78 Å². The summed E-state index contributed by atoms with van der Waals surface area (Å²) < 4.78 is 0. The Morgan fingerprint density at radius 2 is 1.31 bits per heavy atom. The first-order valence-electron chi connectivity index (χ1n) is 16.7. The van der Waals surface area contributed by atoms with Gasteiger partial charge in [0.25, 0.3) is 0 Å². The van der Waals surface area contributed by atoms with Crippen LogP contribution in [-0.2, 0) is 0 Å². The van der Waals surface area contributed by atoms with Gasteiger partial charge < -0.3 is 25.4 Å². The summed E-state index contributed by atoms with van der Waals surface area (Å²) in [4.78, 5) is 35.0. The lowest BCUT2D eigenvalue weighted by molar-refractivity contribution is 0.0696. The van der Waals surface area contributed by atoms with Crippen LogP contribution in [-0.4, -0.2) is 31.8 Å². The highest BCUT2D eigenvalue weighted by Gasteiger charge is 2.29. The fourth-order valence-electron chi connectivity index (χ4n) is 7.03. The molecule has 1 fully saturated rings. The fourth-order valence-corrected chi connectivity index (χ4v) is 7.03. The number of carboxylic acids is 1. The van der Waals surface area contributed by atoms with Crippen molar-refractivity contribution in [2.75, 3.05) is 0 Å². The number of carbonyl (C=O) groups excluding carboxylic acids is 1. The minimum absolute atomic E-state index is 0.0450. The van der Waals surface area contributed by atoms with E-state index in [1.807, 2.05) is 36.4 Å². The molecule has 0 amide bonds. The van der Waals surface area contributed by atoms with Crippen molar-refractivity contribution in [3.05, 3.63) is 152 Å². The number of benzene rings is 2. The molecule has 0 saturated carbocycles. The van der Waals surface area contributed by atoms with Gasteiger partial charge in [-0.15, -0.1) is 0 Å². The molecule has 0 aliphatic carbocycles. The average Bonchev–Trinajstić information content (AvgIpc) is 3.91. The molecule has 3 aromatic heterocycles. The predicted molar refractivity (Wildman–Crippen MR) is 191 cm³/mol. The van der Waals surface area contributed by atoms with Crippen molar-refractivity contribution in [1.29, 1.82) is 0 Å². The maximum atomic E-state index is 12.1. The SMILES string of the molecule is CCCCC1=C2NC(=C(c3ccc(C(=O)O)cc3)c3ccc([nH]3)C(C)=c3ccc([nH]3)=C(c3ccc(C(C)=O)cc3)c3ccc1[nH]3)CC2C. The van der Waals surface area contributed by atoms with Gasteiger partial charge >= 0.3 is 5.97 Å². The van der Waals surface area contributed by atoms with Crippen LogP contribution in [0.1, 0.15) is 108 Å². The zero-order valence-corrected chi connectivity index (χ0v) is 27.8. The highest BCUT2D eigenvalue weighted by molar-refractivity contribution is 5.94. The number of fused-ring (bicyclic) bond motifs is 8. The Balaban J connectivity index is 1.50. The van der Waals surface area contributed by atoms with E-state index in [0.29, 0.717) is 5.56 Å². The van der Waals surface area contributed by atoms with Gasteiger partial charge in [-0.1, -0.05) is 56.7 Å². The zero-order valence-electron chi connectivity index (χ0n) is 27.8. The molecular formula is C41H40N4O3. The number of carboxylic acid groups (broad SMARTS) is 1. The normalized spacial score (nSPS) is 16.0. The molecule has 5 aromatic rings. The number of aromatic nitrogens is 3. The van der Waals surface area contributed by atoms with Gasteiger partial charge in [0.1, 0.15) is 0 Å². The number of aromatic amines is 3. The first kappa shape index (κ1) is 31.1. The Labute approximate surface area is 279 Å². The third-order valence-electron chi connectivity index (χ3n) is 9.70. The van der Waals surface area contributed by atoms with E-state index in [1.165, 1.54) is 11.3 Å². The number of H-pyrrole nitrogens is 3. The van der Waals surface area contributed by atoms with Gasteiger partial charge in [0.05, 0.1) is 5.56 Å². The molecule has 7 heteroatoms. The minimum atomic E-state index is -0.938. The Hall–Kier alpha value is -5.56. The molecule has 5 N–H and O–H groups in total. The third kappa shape index (κ3) is 5.66. The van der Waals surface area contributed by atoms with Gasteiger partial charge in [-0.2, -0.15) is 0 Å². The van der Waals surface area contributed by atoms with E-state index in [0.717, 1.165) is 92.7 Å². The monoisotopic (exact) mass is 636 g/mol. The van der Waals surface area contributed by atoms with Gasteiger partial charge in [0.2, 0.25) is 0 Å². The van der Waals surface area contributed by atoms with E-state index >= 15 is 0 Å². The zero-order chi connectivity index (χ0) is 33.5. The van der Waals surface area contributed by atoms with Crippen molar-refractivity contribution in [3.63, 3.8) is 0 Å². The second-order valence-corrected chi connectivity index (χ2v) is 13.0. The quantitative estimate of drug-likeness (QED) is 0.120. The Morgan fingerprint density at radius 3 is 1.98 bits per heavy atom. The van der Waals surface area contributed by atoms with E-state index in [4.69, 9.17) is 0 Å². The summed E-state index contributed by atoms with van der Waals surface area (Å²) in [5.74, 6) is -0.644. The molecule has 7 nitrogen and oxygen atoms in total. The summed E-state index contributed by atoms with van der Waals surface area (Å²) in [7, 11) is 0. The molecule has 242 valence electrons. The standard InChI is InChI=1S/C41H40N4O3/c1-5-6-7-30-33-18-21-35(44-33)38(27-10-8-26(9-11-27)25(4)46)34-19-16-31(42-34)24(3)32-17-20-36(43-32)39(37-22-23(2)40(30)45-37)28-12-14-29(15-13-28)41(47)48/h8-21,23,42-45H,5-7,22H2,1-4H3,(H,47,48). The molecule has 8 bridgehead atoms. The van der Waals surface area contributed by atoms with E-state index in [2.05, 4.69) is 77.4 Å². The number of unbranched alkanes of at least 4 members (excludes halogenated alkanes) is 1. The molecule has 0 radical (unpaired) electrons. The molecule has 2 aromatic carbocycles. The summed E-state index contributed by atoms with van der Waals surface area (Å²) in [5, 5.41) is 15.4. The maximum absolute atomic E-state index is 12.1. The Kier molecular flexibility index (Phi) is 8.13. The highest BCUT2D eigenvalue weighted by atomic mass is 16.4. The molecule has 7 rings (SSSR count). The summed E-state index contributed by atoms with van der Waals surface area (Å²) in [6, 6.07) is 27.8. The number of hydrogen-bond donors (Lipinski definition) is 5. The number of aromatic carboxylic acids is 1. The van der Waals surface area contributed by atoms with Crippen LogP contribution in [0.15, 0.2) is 96.3 Å². The van der Waals surface area contributed by atoms with Gasteiger partial charge in [-0.05, 0) is 104 Å². The molecule has 1 unspecified atom stereocenters. The molecule has 0 spiro atoms. The number of ketones is 1. The van der Waals surface area contributed by atoms with Crippen LogP contribution in [0.25, 0.3) is 22.3 Å². The van der Waals surface area contributed by atoms with Crippen molar-refractivity contribution >= 4 is 34.0 Å². The van der Waals surface area contributed by atoms with E-state index < -0.39 is 5.97 Å². The van der Waals surface area contributed by atoms with Crippen LogP contribution >= 0.6 is 0 Å². The van der Waals surface area contributed by atoms with Crippen LogP contribution in [0.5, 0.6) is 0 Å². The van der Waals surface area contributed by atoms with Crippen LogP contribution in [0, 0.1) is 5.92 Å². The number of rotatable bonds is 7. The predicted octanol–water partition coefficient (Wildman–Crippen LogP) is 7.34. The van der Waals surface area contributed by atoms with Crippen LogP contribution in [0.2, 0.25) is 0 Å². The van der Waals surface area contributed by atoms with E-state index in [-0.39, 0.29) is 17.3 Å². The summed E-state index contributed by atoms with van der Waals surface area (Å²) >= 11 is 0. The van der Waals surface area contributed by atoms with Gasteiger partial charge in [-0.3, -0.25) is 4.79 Å². The van der Waals surface area contributed by atoms with E-state index in [1.54, 1.807) is 19.1 Å². The summed E-state index contributed by atoms with van der Waals surface area (Å²) in [6.45, 7) is 8.19. The highest BCUT2D eigenvalue weighted by Crippen LogP contribution is 2.40. The van der Waals surface area contributed by atoms with Crippen LogP contribution in [0.3, 0.4) is 0 Å². The fraction of sp³-hybridized carbons (Fsp3) is 0.220. The topological polar surface area (TPSA) is 114 Å². The van der Waals surface area contributed by atoms with E-state index in [9.17, 15) is 14.7 Å². The number of Topliss-reactive ketones (excluding diaryl/α,β-unsaturated/α-hetero) is 1. The van der Waals surface area contributed by atoms with Crippen molar-refractivity contribution in [2.24, 2.45) is 5.92 Å². The first-order chi connectivity index (χ1) is 23.2. The lowest BCUT2D eigenvalue weighted by Crippen LogP contribution is -2.16. The minimum Gasteiger partial charge on any atom is -0.478 e. The lowest BCUT2D eigenvalue weighted by Gasteiger charge is -2.16. The first-order valence-corrected chi connectivity index (χ1v) is 16.7. The molecule has 2 aliphatic heterocycles. The van der Waals surface area contributed by atoms with Gasteiger partial charge in [-0.25, -0.2) is 4.79 Å². The van der Waals surface area contributed by atoms with Crippen molar-refractivity contribution in [3.8, 4) is 0 Å². The Bertz CT molecular complexity index is 2240. The van der Waals surface area contributed by atoms with Crippen LogP contribution in [0.4, 0.5) is 0 Å². The van der Waals surface area contributed by atoms with Gasteiger partial charge in [0, 0.05) is 67.5 Å². The summed E-state index contributed by atoms with van der Waals surface area (Å²) in [5.41, 5.74) is 13.7. The van der Waals surface area contributed by atoms with Crippen molar-refractivity contribution in [2.45, 2.75) is 53.4 Å². The number of carbonyl (C=O) groups is 2. The average molecular weight is 637 g/mol. The number of hydrogen-bond acceptors (Lipinski definition) is 3. The van der Waals surface area contributed by atoms with Crippen molar-refractivity contribution < 1.29 is 14.7 Å². The smallest absolute Gasteiger partial charge is 0.335 e. The van der Waals surface area contributed by atoms with Crippen LogP contribution < -0.4 is 16.0 Å². The largest absolute Gasteiger partial charge is 0.478 e. The second-order valence-electron chi connectivity index (χ2n) is 13.0. The number of nitrogens with one attached hydrogen (secondary N) is 4. The second kappa shape index (κ2) is 12.6. The summed E-state index contributed by atoms with van der Waals surface area (Å²) in [6.07, 6.45) is 3.89. The molecule has 1 saturated heterocycles.